The first-order valence-electron chi connectivity index (χ1n) is 8.93. The van der Waals surface area contributed by atoms with Gasteiger partial charge in [-0.3, -0.25) is 0 Å². The number of halogens is 1. The molecule has 0 radical (unpaired) electrons. The van der Waals surface area contributed by atoms with E-state index in [1.165, 1.54) is 28.5 Å². The van der Waals surface area contributed by atoms with Crippen molar-refractivity contribution in [2.45, 2.75) is 6.42 Å². The van der Waals surface area contributed by atoms with Gasteiger partial charge in [0.15, 0.2) is 0 Å². The largest absolute Gasteiger partial charge is 0.309 e. The van der Waals surface area contributed by atoms with Crippen molar-refractivity contribution in [1.29, 1.82) is 0 Å². The summed E-state index contributed by atoms with van der Waals surface area (Å²) < 4.78 is 0. The zero-order valence-corrected chi connectivity index (χ0v) is 18.2. The number of benzene rings is 3. The summed E-state index contributed by atoms with van der Waals surface area (Å²) in [7, 11) is 2.68. The van der Waals surface area contributed by atoms with Crippen LogP contribution in [-0.4, -0.2) is 31.7 Å². The monoisotopic (exact) mass is 428 g/mol. The molecule has 0 unspecified atom stereocenters. The zero-order chi connectivity index (χ0) is 17.5. The number of rotatable bonds is 7. The predicted molar refractivity (Wildman–Crippen MR) is 124 cm³/mol. The van der Waals surface area contributed by atoms with Gasteiger partial charge in [0.1, 0.15) is 23.2 Å². The molecular formula is C23H28BrNP+. The second-order valence-corrected chi connectivity index (χ2v) is 10.3. The van der Waals surface area contributed by atoms with Crippen LogP contribution in [0, 0.1) is 0 Å². The van der Waals surface area contributed by atoms with Crippen molar-refractivity contribution in [3.05, 3.63) is 91.0 Å². The van der Waals surface area contributed by atoms with Crippen LogP contribution in [0.2, 0.25) is 0 Å². The van der Waals surface area contributed by atoms with E-state index >= 15 is 0 Å². The summed E-state index contributed by atoms with van der Waals surface area (Å²) >= 11 is 0. The maximum Gasteiger partial charge on any atom is 0.112 e. The van der Waals surface area contributed by atoms with Crippen molar-refractivity contribution in [3.63, 3.8) is 0 Å². The van der Waals surface area contributed by atoms with E-state index in [4.69, 9.17) is 0 Å². The average Bonchev–Trinajstić information content (AvgIpc) is 2.67. The molecule has 3 aromatic rings. The second kappa shape index (κ2) is 10.0. The fourth-order valence-corrected chi connectivity index (χ4v) is 7.83. The average molecular weight is 429 g/mol. The van der Waals surface area contributed by atoms with Gasteiger partial charge in [0, 0.05) is 6.54 Å². The Labute approximate surface area is 169 Å². The van der Waals surface area contributed by atoms with E-state index < -0.39 is 7.26 Å². The van der Waals surface area contributed by atoms with Gasteiger partial charge >= 0.3 is 0 Å². The Morgan fingerprint density at radius 3 is 1.27 bits per heavy atom. The summed E-state index contributed by atoms with van der Waals surface area (Å²) in [6, 6.07) is 33.4. The topological polar surface area (TPSA) is 3.24 Å². The Kier molecular flexibility index (Phi) is 8.03. The Balaban J connectivity index is 0.00000243. The normalized spacial score (nSPS) is 11.2. The van der Waals surface area contributed by atoms with Crippen LogP contribution in [0.1, 0.15) is 6.42 Å². The van der Waals surface area contributed by atoms with Crippen LogP contribution < -0.4 is 15.9 Å². The molecule has 3 rings (SSSR count). The summed E-state index contributed by atoms with van der Waals surface area (Å²) in [4.78, 5) is 2.29. The molecule has 0 saturated heterocycles. The third kappa shape index (κ3) is 4.62. The van der Waals surface area contributed by atoms with Gasteiger partial charge in [-0.25, -0.2) is 0 Å². The van der Waals surface area contributed by atoms with E-state index in [0.29, 0.717) is 0 Å². The van der Waals surface area contributed by atoms with Gasteiger partial charge in [0.25, 0.3) is 0 Å². The van der Waals surface area contributed by atoms with Gasteiger partial charge in [-0.1, -0.05) is 54.6 Å². The fraction of sp³-hybridized carbons (Fsp3) is 0.217. The van der Waals surface area contributed by atoms with Crippen molar-refractivity contribution in [3.8, 4) is 0 Å². The number of hydrogen-bond donors (Lipinski definition) is 0. The van der Waals surface area contributed by atoms with Crippen LogP contribution >= 0.6 is 24.2 Å². The lowest BCUT2D eigenvalue weighted by Crippen LogP contribution is -2.34. The number of hydrogen-bond acceptors (Lipinski definition) is 1. The van der Waals surface area contributed by atoms with Crippen LogP contribution in [0.5, 0.6) is 0 Å². The second-order valence-electron chi connectivity index (χ2n) is 6.70. The van der Waals surface area contributed by atoms with E-state index in [2.05, 4.69) is 110 Å². The SMILES string of the molecule is Br.CN(C)CCC[P+](c1ccccc1)(c1ccccc1)c1ccccc1. The van der Waals surface area contributed by atoms with Crippen LogP contribution in [0.25, 0.3) is 0 Å². The third-order valence-electron chi connectivity index (χ3n) is 4.69. The lowest BCUT2D eigenvalue weighted by atomic mass is 10.3. The van der Waals surface area contributed by atoms with Gasteiger partial charge in [0.2, 0.25) is 0 Å². The lowest BCUT2D eigenvalue weighted by molar-refractivity contribution is 0.409. The molecule has 3 heteroatoms. The molecule has 0 aromatic heterocycles. The fourth-order valence-electron chi connectivity index (χ4n) is 3.51. The van der Waals surface area contributed by atoms with E-state index in [1.807, 2.05) is 0 Å². The Bertz CT molecular complexity index is 663. The molecule has 26 heavy (non-hydrogen) atoms. The van der Waals surface area contributed by atoms with Crippen LogP contribution in [0.15, 0.2) is 91.0 Å². The van der Waals surface area contributed by atoms with E-state index in [-0.39, 0.29) is 17.0 Å². The molecule has 136 valence electrons. The molecule has 0 spiro atoms. The molecule has 3 aromatic carbocycles. The smallest absolute Gasteiger partial charge is 0.112 e. The molecule has 0 saturated carbocycles. The molecule has 0 fully saturated rings. The molecule has 0 amide bonds. The maximum absolute atomic E-state index is 2.32. The molecule has 0 atom stereocenters. The van der Waals surface area contributed by atoms with Crippen molar-refractivity contribution in [2.24, 2.45) is 0 Å². The summed E-state index contributed by atoms with van der Waals surface area (Å²) in [6.07, 6.45) is 2.39. The van der Waals surface area contributed by atoms with Crippen molar-refractivity contribution in [1.82, 2.24) is 4.90 Å². The van der Waals surface area contributed by atoms with E-state index in [0.717, 1.165) is 6.54 Å². The van der Waals surface area contributed by atoms with Crippen LogP contribution in [-0.2, 0) is 0 Å². The Morgan fingerprint density at radius 1 is 0.615 bits per heavy atom. The molecular weight excluding hydrogens is 401 g/mol. The highest BCUT2D eigenvalue weighted by Gasteiger charge is 2.44. The van der Waals surface area contributed by atoms with Gasteiger partial charge < -0.3 is 4.90 Å². The molecule has 0 aliphatic rings. The molecule has 0 N–H and O–H groups in total. The Morgan fingerprint density at radius 2 is 0.962 bits per heavy atom. The van der Waals surface area contributed by atoms with Crippen molar-refractivity contribution >= 4 is 40.2 Å². The first-order chi connectivity index (χ1) is 12.2. The summed E-state index contributed by atoms with van der Waals surface area (Å²) in [6.45, 7) is 1.12. The number of nitrogens with zero attached hydrogens (tertiary/aromatic N) is 1. The van der Waals surface area contributed by atoms with E-state index in [9.17, 15) is 0 Å². The zero-order valence-electron chi connectivity index (χ0n) is 15.6. The minimum Gasteiger partial charge on any atom is -0.309 e. The minimum absolute atomic E-state index is 0. The third-order valence-corrected chi connectivity index (χ3v) is 9.22. The molecule has 0 heterocycles. The van der Waals surface area contributed by atoms with Gasteiger partial charge in [-0.15, -0.1) is 17.0 Å². The summed E-state index contributed by atoms with van der Waals surface area (Å²) in [5.74, 6) is 0. The highest BCUT2D eigenvalue weighted by Crippen LogP contribution is 2.55. The lowest BCUT2D eigenvalue weighted by Gasteiger charge is -2.28. The van der Waals surface area contributed by atoms with Crippen LogP contribution in [0.4, 0.5) is 0 Å². The first kappa shape index (κ1) is 20.8. The highest BCUT2D eigenvalue weighted by molar-refractivity contribution is 8.93. The predicted octanol–water partition coefficient (Wildman–Crippen LogP) is 4.51. The first-order valence-corrected chi connectivity index (χ1v) is 10.9. The quantitative estimate of drug-likeness (QED) is 0.500. The molecule has 0 aliphatic heterocycles. The highest BCUT2D eigenvalue weighted by atomic mass is 79.9. The summed E-state index contributed by atoms with van der Waals surface area (Å²) in [5, 5.41) is 4.43. The Hall–Kier alpha value is -1.47. The molecule has 0 bridgehead atoms. The van der Waals surface area contributed by atoms with Gasteiger partial charge in [-0.2, -0.15) is 0 Å². The van der Waals surface area contributed by atoms with E-state index in [1.54, 1.807) is 0 Å². The van der Waals surface area contributed by atoms with Crippen molar-refractivity contribution < 1.29 is 0 Å². The standard InChI is InChI=1S/C23H27NP.BrH/c1-24(2)19-12-20-25(21-13-6-3-7-14-21,22-15-8-4-9-16-22)23-17-10-5-11-18-23;/h3-11,13-18H,12,19-20H2,1-2H3;1H/q+1;. The van der Waals surface area contributed by atoms with Crippen molar-refractivity contribution in [2.75, 3.05) is 26.8 Å². The minimum atomic E-state index is -1.64. The van der Waals surface area contributed by atoms with Gasteiger partial charge in [-0.05, 0) is 56.9 Å². The van der Waals surface area contributed by atoms with Crippen LogP contribution in [0.3, 0.4) is 0 Å². The molecule has 1 nitrogen and oxygen atoms in total. The molecule has 0 aliphatic carbocycles. The summed E-state index contributed by atoms with van der Waals surface area (Å²) in [5.41, 5.74) is 0. The van der Waals surface area contributed by atoms with Gasteiger partial charge in [0.05, 0.1) is 6.16 Å². The maximum atomic E-state index is 2.32.